The molecule has 18 heteroatoms. The number of alkyl halides is 4. The summed E-state index contributed by atoms with van der Waals surface area (Å²) >= 11 is 0. The first-order valence-corrected chi connectivity index (χ1v) is 21.1. The van der Waals surface area contributed by atoms with Gasteiger partial charge in [0.05, 0.1) is 63.2 Å². The Morgan fingerprint density at radius 2 is 1.14 bits per heavy atom. The molecular weight excluding hydrogens is 825 g/mol. The maximum Gasteiger partial charge on any atom is 0.407 e. The van der Waals surface area contributed by atoms with Crippen LogP contribution in [0.5, 0.6) is 0 Å². The van der Waals surface area contributed by atoms with E-state index in [1.807, 2.05) is 36.4 Å². The Hall–Kier alpha value is -5.94. The second kappa shape index (κ2) is 17.3. The number of amides is 4. The number of carbonyl (C=O) groups excluding carboxylic acids is 4. The van der Waals surface area contributed by atoms with Crippen molar-refractivity contribution in [2.75, 3.05) is 27.3 Å². The number of alkyl carbamates (subject to hydrolysis) is 2. The van der Waals surface area contributed by atoms with E-state index in [9.17, 15) is 28.0 Å². The van der Waals surface area contributed by atoms with Crippen molar-refractivity contribution in [3.8, 4) is 33.6 Å². The molecular formula is C45H54F4N8O6. The van der Waals surface area contributed by atoms with Crippen LogP contribution in [0.2, 0.25) is 0 Å². The summed E-state index contributed by atoms with van der Waals surface area (Å²) in [4.78, 5) is 68.9. The number of imidazole rings is 2. The molecule has 2 saturated heterocycles. The number of nitrogens with one attached hydrogen (secondary N) is 4. The number of likely N-dealkylation sites (tertiary alicyclic amines) is 2. The SMILES string of the molecule is COC(=O)N[C@H](C(=O)N1CC(F)(F)CC1c1ncc(-c2ccc(-c3ccc(-c4cnc([C@@H]5CC(F)(F)CN5C(=O)[C@@H](NC(=O)OC)C(C)C)[nH]4)cc3)c3c2CC(C)C3C)[nH]1)C(C)C. The van der Waals surface area contributed by atoms with Crippen molar-refractivity contribution >= 4 is 24.0 Å². The molecule has 4 N–H and O–H groups in total. The normalized spacial score (nSPS) is 22.3. The number of hydrogen-bond donors (Lipinski definition) is 4. The minimum atomic E-state index is -3.17. The molecule has 0 radical (unpaired) electrons. The number of halogens is 4. The third-order valence-corrected chi connectivity index (χ3v) is 12.7. The Morgan fingerprint density at radius 3 is 1.62 bits per heavy atom. The molecule has 0 bridgehead atoms. The molecule has 4 aromatic rings. The molecule has 0 saturated carbocycles. The number of fused-ring (bicyclic) bond motifs is 1. The van der Waals surface area contributed by atoms with Crippen molar-refractivity contribution in [2.45, 2.75) is 103 Å². The number of rotatable bonds is 11. The molecule has 63 heavy (non-hydrogen) atoms. The molecule has 2 fully saturated rings. The van der Waals surface area contributed by atoms with E-state index in [0.717, 1.165) is 56.7 Å². The minimum Gasteiger partial charge on any atom is -0.453 e. The van der Waals surface area contributed by atoms with Gasteiger partial charge in [0.15, 0.2) is 0 Å². The number of nitrogens with zero attached hydrogens (tertiary/aromatic N) is 4. The first-order chi connectivity index (χ1) is 29.7. The molecule has 14 nitrogen and oxygen atoms in total. The van der Waals surface area contributed by atoms with E-state index in [4.69, 9.17) is 0 Å². The molecule has 6 atom stereocenters. The third-order valence-electron chi connectivity index (χ3n) is 12.7. The summed E-state index contributed by atoms with van der Waals surface area (Å²) in [7, 11) is 2.33. The fourth-order valence-electron chi connectivity index (χ4n) is 9.16. The Bertz CT molecular complexity index is 2360. The summed E-state index contributed by atoms with van der Waals surface area (Å²) in [5, 5.41) is 4.96. The summed E-state index contributed by atoms with van der Waals surface area (Å²) in [6.45, 7) is 9.57. The second-order valence-corrected chi connectivity index (χ2v) is 17.8. The molecule has 2 aromatic heterocycles. The highest BCUT2D eigenvalue weighted by atomic mass is 19.3. The van der Waals surface area contributed by atoms with E-state index < -0.39 is 97.8 Å². The fraction of sp³-hybridized carbons (Fsp3) is 0.511. The van der Waals surface area contributed by atoms with Gasteiger partial charge in [-0.15, -0.1) is 0 Å². The molecule has 3 unspecified atom stereocenters. The maximum absolute atomic E-state index is 15.0. The summed E-state index contributed by atoms with van der Waals surface area (Å²) in [5.74, 6) is -7.52. The summed E-state index contributed by atoms with van der Waals surface area (Å²) in [5.41, 5.74) is 7.06. The molecule has 2 aliphatic heterocycles. The second-order valence-electron chi connectivity index (χ2n) is 17.8. The average Bonchev–Trinajstić information content (AvgIpc) is 4.08. The molecule has 1 aliphatic carbocycles. The number of ether oxygens (including phenoxy) is 2. The van der Waals surface area contributed by atoms with E-state index >= 15 is 8.78 Å². The molecule has 0 spiro atoms. The van der Waals surface area contributed by atoms with Gasteiger partial charge in [-0.1, -0.05) is 77.9 Å². The zero-order chi connectivity index (χ0) is 45.7. The average molecular weight is 879 g/mol. The molecule has 2 aromatic carbocycles. The summed E-state index contributed by atoms with van der Waals surface area (Å²) < 4.78 is 69.2. The number of carbonyl (C=O) groups is 4. The van der Waals surface area contributed by atoms with Crippen LogP contribution < -0.4 is 10.6 Å². The van der Waals surface area contributed by atoms with Gasteiger partial charge >= 0.3 is 12.2 Å². The van der Waals surface area contributed by atoms with Gasteiger partial charge in [0, 0.05) is 18.4 Å². The summed E-state index contributed by atoms with van der Waals surface area (Å²) in [6.07, 6.45) is 1.00. The van der Waals surface area contributed by atoms with E-state index in [1.165, 1.54) is 7.11 Å². The van der Waals surface area contributed by atoms with E-state index in [-0.39, 0.29) is 17.6 Å². The van der Waals surface area contributed by atoms with E-state index in [2.05, 4.69) is 53.9 Å². The van der Waals surface area contributed by atoms with Gasteiger partial charge in [-0.3, -0.25) is 9.59 Å². The van der Waals surface area contributed by atoms with Gasteiger partial charge in [-0.05, 0) is 57.9 Å². The van der Waals surface area contributed by atoms with Crippen molar-refractivity contribution in [2.24, 2.45) is 17.8 Å². The van der Waals surface area contributed by atoms with Crippen molar-refractivity contribution in [3.63, 3.8) is 0 Å². The van der Waals surface area contributed by atoms with Gasteiger partial charge < -0.3 is 39.9 Å². The Balaban J connectivity index is 1.13. The zero-order valence-electron chi connectivity index (χ0n) is 36.5. The minimum absolute atomic E-state index is 0.178. The highest BCUT2D eigenvalue weighted by Crippen LogP contribution is 2.48. The predicted octanol–water partition coefficient (Wildman–Crippen LogP) is 8.01. The fourth-order valence-corrected chi connectivity index (χ4v) is 9.16. The van der Waals surface area contributed by atoms with E-state index in [0.29, 0.717) is 17.3 Å². The summed E-state index contributed by atoms with van der Waals surface area (Å²) in [6, 6.07) is 7.54. The van der Waals surface area contributed by atoms with Crippen molar-refractivity contribution in [1.82, 2.24) is 40.4 Å². The molecule has 7 rings (SSSR count). The lowest BCUT2D eigenvalue weighted by Gasteiger charge is -2.29. The van der Waals surface area contributed by atoms with Crippen LogP contribution in [0.4, 0.5) is 27.2 Å². The van der Waals surface area contributed by atoms with Crippen LogP contribution in [0.3, 0.4) is 0 Å². The smallest absolute Gasteiger partial charge is 0.407 e. The Kier molecular flexibility index (Phi) is 12.4. The standard InChI is InChI=1S/C45H54F4N8O6/c1-22(2)36(54-42(60)62-7)40(58)56-20-44(46,47)16-33(56)38-50-18-31(52-38)27-11-9-26(10-12-27)28-13-14-29(30-15-24(5)25(6)35(28)30)32-19-51-39(53-32)34-17-45(48,49)21-57(34)41(59)37(23(3)4)55-43(61)63-8/h9-14,18-19,22-25,33-34,36-37H,15-17,20-21H2,1-8H3,(H,50,52)(H,51,53)(H,54,60)(H,55,61)/t24?,25?,33-,34?,36-,37-/m0/s1. The van der Waals surface area contributed by atoms with Crippen LogP contribution in [0.15, 0.2) is 48.8 Å². The first-order valence-electron chi connectivity index (χ1n) is 21.1. The Labute approximate surface area is 362 Å². The Morgan fingerprint density at radius 1 is 0.698 bits per heavy atom. The number of benzene rings is 2. The molecule has 4 amide bonds. The number of H-pyrrole nitrogens is 2. The first kappa shape index (κ1) is 45.1. The third kappa shape index (κ3) is 8.98. The lowest BCUT2D eigenvalue weighted by atomic mass is 9.88. The van der Waals surface area contributed by atoms with Crippen LogP contribution in [0.25, 0.3) is 33.6 Å². The lowest BCUT2D eigenvalue weighted by molar-refractivity contribution is -0.137. The van der Waals surface area contributed by atoms with Crippen LogP contribution >= 0.6 is 0 Å². The highest BCUT2D eigenvalue weighted by Gasteiger charge is 2.52. The maximum atomic E-state index is 15.0. The number of methoxy groups -OCH3 is 2. The topological polar surface area (TPSA) is 175 Å². The van der Waals surface area contributed by atoms with Gasteiger partial charge in [-0.25, -0.2) is 37.1 Å². The predicted molar refractivity (Wildman–Crippen MR) is 225 cm³/mol. The number of aromatic amines is 2. The van der Waals surface area contributed by atoms with Gasteiger partial charge in [0.2, 0.25) is 11.8 Å². The molecule has 3 aliphatic rings. The largest absolute Gasteiger partial charge is 0.453 e. The van der Waals surface area contributed by atoms with Crippen LogP contribution in [-0.4, -0.2) is 105 Å². The van der Waals surface area contributed by atoms with E-state index in [1.54, 1.807) is 40.1 Å². The molecule has 4 heterocycles. The van der Waals surface area contributed by atoms with Crippen molar-refractivity contribution < 1.29 is 46.2 Å². The lowest BCUT2D eigenvalue weighted by Crippen LogP contribution is -2.51. The van der Waals surface area contributed by atoms with Gasteiger partial charge in [0.25, 0.3) is 11.8 Å². The monoisotopic (exact) mass is 878 g/mol. The van der Waals surface area contributed by atoms with Crippen molar-refractivity contribution in [3.05, 3.63) is 71.6 Å². The van der Waals surface area contributed by atoms with Gasteiger partial charge in [0.1, 0.15) is 23.7 Å². The van der Waals surface area contributed by atoms with Crippen molar-refractivity contribution in [1.29, 1.82) is 0 Å². The highest BCUT2D eigenvalue weighted by molar-refractivity contribution is 5.87. The zero-order valence-corrected chi connectivity index (χ0v) is 36.5. The molecule has 338 valence electrons. The van der Waals surface area contributed by atoms with Crippen LogP contribution in [0, 0.1) is 17.8 Å². The quantitative estimate of drug-likeness (QED) is 0.110. The van der Waals surface area contributed by atoms with Crippen LogP contribution in [-0.2, 0) is 25.5 Å². The van der Waals surface area contributed by atoms with Crippen LogP contribution in [0.1, 0.15) is 95.2 Å². The number of aromatic nitrogens is 4. The van der Waals surface area contributed by atoms with Gasteiger partial charge in [-0.2, -0.15) is 0 Å². The number of hydrogen-bond acceptors (Lipinski definition) is 8.